The first kappa shape index (κ1) is 11.9. The minimum absolute atomic E-state index is 0. The molecule has 78 valence electrons. The number of hydrogen-bond acceptors (Lipinski definition) is 3. The summed E-state index contributed by atoms with van der Waals surface area (Å²) in [4.78, 5) is 21.2. The van der Waals surface area contributed by atoms with Crippen LogP contribution in [0.3, 0.4) is 0 Å². The van der Waals surface area contributed by atoms with Gasteiger partial charge in [-0.05, 0) is 13.8 Å². The van der Waals surface area contributed by atoms with Gasteiger partial charge in [0.2, 0.25) is 5.91 Å². The fourth-order valence-electron chi connectivity index (χ4n) is 0.980. The zero-order chi connectivity index (χ0) is 10.5. The molecule has 4 heteroatoms. The molecule has 0 spiro atoms. The van der Waals surface area contributed by atoms with Crippen molar-refractivity contribution in [1.29, 1.82) is 0 Å². The normalized spacial score (nSPS) is 10.8. The van der Waals surface area contributed by atoms with Crippen LogP contribution >= 0.6 is 0 Å². The van der Waals surface area contributed by atoms with Gasteiger partial charge in [0.05, 0.1) is 0 Å². The van der Waals surface area contributed by atoms with Crippen LogP contribution in [0.5, 0.6) is 0 Å². The molecular formula is C9H19NO3. The Kier molecular flexibility index (Phi) is 4.45. The molecule has 0 heterocycles. The van der Waals surface area contributed by atoms with Crippen molar-refractivity contribution in [3.63, 3.8) is 0 Å². The van der Waals surface area contributed by atoms with Crippen molar-refractivity contribution in [2.75, 3.05) is 6.54 Å². The lowest BCUT2D eigenvalue weighted by Crippen LogP contribution is -2.33. The van der Waals surface area contributed by atoms with E-state index in [2.05, 4.69) is 5.32 Å². The van der Waals surface area contributed by atoms with E-state index in [0.29, 0.717) is 13.0 Å². The molecule has 0 aliphatic heterocycles. The first-order valence-corrected chi connectivity index (χ1v) is 4.27. The summed E-state index contributed by atoms with van der Waals surface area (Å²) in [5.74, 6) is -0.369. The summed E-state index contributed by atoms with van der Waals surface area (Å²) in [6.45, 7) is 6.99. The highest BCUT2D eigenvalue weighted by Crippen LogP contribution is 2.13. The number of hydrogen-bond donors (Lipinski definition) is 1. The Morgan fingerprint density at radius 1 is 1.38 bits per heavy atom. The fraction of sp³-hybridized carbons (Fsp3) is 0.778. The Labute approximate surface area is 80.1 Å². The first-order chi connectivity index (χ1) is 5.83. The third kappa shape index (κ3) is 7.31. The van der Waals surface area contributed by atoms with Gasteiger partial charge in [0, 0.05) is 28.2 Å². The molecule has 0 radical (unpaired) electrons. The van der Waals surface area contributed by atoms with Gasteiger partial charge in [-0.1, -0.05) is 0 Å². The molecule has 0 atom stereocenters. The van der Waals surface area contributed by atoms with E-state index in [1.54, 1.807) is 0 Å². The fourth-order valence-corrected chi connectivity index (χ4v) is 0.980. The number of amides is 1. The average Bonchev–Trinajstić information content (AvgIpc) is 1.81. The van der Waals surface area contributed by atoms with E-state index in [9.17, 15) is 9.59 Å². The lowest BCUT2D eigenvalue weighted by atomic mass is 10.1. The second kappa shape index (κ2) is 4.84. The van der Waals surface area contributed by atoms with Crippen LogP contribution in [-0.4, -0.2) is 24.0 Å². The van der Waals surface area contributed by atoms with Crippen LogP contribution in [0.15, 0.2) is 0 Å². The molecule has 0 saturated carbocycles. The SMILES string of the molecule is CC(=O)NCCC(C)(C)OC(C)=O.[HH]. The molecule has 0 saturated heterocycles. The summed E-state index contributed by atoms with van der Waals surface area (Å²) in [5, 5.41) is 2.64. The van der Waals surface area contributed by atoms with Gasteiger partial charge in [-0.15, -0.1) is 0 Å². The smallest absolute Gasteiger partial charge is 0.303 e. The minimum atomic E-state index is -0.506. The number of esters is 1. The van der Waals surface area contributed by atoms with E-state index in [1.165, 1.54) is 13.8 Å². The average molecular weight is 189 g/mol. The maximum absolute atomic E-state index is 10.6. The molecular weight excluding hydrogens is 170 g/mol. The summed E-state index contributed by atoms with van der Waals surface area (Å²) in [6, 6.07) is 0. The van der Waals surface area contributed by atoms with Gasteiger partial charge in [-0.2, -0.15) is 0 Å². The number of nitrogens with one attached hydrogen (secondary N) is 1. The lowest BCUT2D eigenvalue weighted by Gasteiger charge is -2.24. The molecule has 0 bridgehead atoms. The molecule has 0 unspecified atom stereocenters. The van der Waals surface area contributed by atoms with Crippen molar-refractivity contribution >= 4 is 11.9 Å². The van der Waals surface area contributed by atoms with Crippen LogP contribution in [-0.2, 0) is 14.3 Å². The highest BCUT2D eigenvalue weighted by Gasteiger charge is 2.20. The minimum Gasteiger partial charge on any atom is -0.460 e. The predicted molar refractivity (Wildman–Crippen MR) is 51.3 cm³/mol. The Morgan fingerprint density at radius 3 is 2.31 bits per heavy atom. The second-order valence-corrected chi connectivity index (χ2v) is 3.59. The zero-order valence-electron chi connectivity index (χ0n) is 8.64. The summed E-state index contributed by atoms with van der Waals surface area (Å²) in [7, 11) is 0. The van der Waals surface area contributed by atoms with E-state index >= 15 is 0 Å². The molecule has 0 aliphatic carbocycles. The van der Waals surface area contributed by atoms with E-state index in [-0.39, 0.29) is 13.3 Å². The van der Waals surface area contributed by atoms with Crippen LogP contribution in [0, 0.1) is 0 Å². The third-order valence-corrected chi connectivity index (χ3v) is 1.52. The Bertz CT molecular complexity index is 204. The number of carbonyl (C=O) groups is 2. The molecule has 0 aromatic carbocycles. The summed E-state index contributed by atoms with van der Waals surface area (Å²) >= 11 is 0. The van der Waals surface area contributed by atoms with Gasteiger partial charge in [0.1, 0.15) is 5.60 Å². The van der Waals surface area contributed by atoms with E-state index in [4.69, 9.17) is 4.74 Å². The molecule has 4 nitrogen and oxygen atoms in total. The quantitative estimate of drug-likeness (QED) is 0.674. The van der Waals surface area contributed by atoms with Crippen molar-refractivity contribution in [3.05, 3.63) is 0 Å². The Balaban J connectivity index is 0. The molecule has 13 heavy (non-hydrogen) atoms. The van der Waals surface area contributed by atoms with Crippen molar-refractivity contribution in [2.24, 2.45) is 0 Å². The van der Waals surface area contributed by atoms with Gasteiger partial charge in [0.15, 0.2) is 0 Å². The molecule has 0 aromatic heterocycles. The van der Waals surface area contributed by atoms with Crippen molar-refractivity contribution in [3.8, 4) is 0 Å². The van der Waals surface area contributed by atoms with Crippen molar-refractivity contribution < 1.29 is 15.8 Å². The van der Waals surface area contributed by atoms with Gasteiger partial charge in [0.25, 0.3) is 0 Å². The zero-order valence-corrected chi connectivity index (χ0v) is 8.64. The van der Waals surface area contributed by atoms with Crippen LogP contribution in [0.4, 0.5) is 0 Å². The molecule has 0 aromatic rings. The van der Waals surface area contributed by atoms with E-state index in [0.717, 1.165) is 0 Å². The van der Waals surface area contributed by atoms with Gasteiger partial charge in [-0.3, -0.25) is 9.59 Å². The van der Waals surface area contributed by atoms with Crippen LogP contribution in [0.2, 0.25) is 0 Å². The predicted octanol–water partition coefficient (Wildman–Crippen LogP) is 1.10. The molecule has 0 fully saturated rings. The third-order valence-electron chi connectivity index (χ3n) is 1.52. The summed E-state index contributed by atoms with van der Waals surface area (Å²) in [6.07, 6.45) is 0.617. The number of carbonyl (C=O) groups excluding carboxylic acids is 2. The van der Waals surface area contributed by atoms with Gasteiger partial charge >= 0.3 is 5.97 Å². The monoisotopic (exact) mass is 189 g/mol. The summed E-state index contributed by atoms with van der Waals surface area (Å²) < 4.78 is 5.03. The second-order valence-electron chi connectivity index (χ2n) is 3.59. The maximum Gasteiger partial charge on any atom is 0.303 e. The van der Waals surface area contributed by atoms with Crippen molar-refractivity contribution in [1.82, 2.24) is 5.32 Å². The maximum atomic E-state index is 10.6. The standard InChI is InChI=1S/C9H17NO3.H2/c1-7(11)10-6-5-9(3,4)13-8(2)12;/h5-6H2,1-4H3,(H,10,11);1H. The van der Waals surface area contributed by atoms with Crippen LogP contribution in [0.25, 0.3) is 0 Å². The summed E-state index contributed by atoms with van der Waals surface area (Å²) in [5.41, 5.74) is -0.506. The Hall–Kier alpha value is -1.06. The van der Waals surface area contributed by atoms with Crippen LogP contribution in [0.1, 0.15) is 35.5 Å². The Morgan fingerprint density at radius 2 is 1.92 bits per heavy atom. The number of rotatable bonds is 4. The topological polar surface area (TPSA) is 55.4 Å². The van der Waals surface area contributed by atoms with Crippen LogP contribution < -0.4 is 5.32 Å². The number of ether oxygens (including phenoxy) is 1. The molecule has 0 rings (SSSR count). The van der Waals surface area contributed by atoms with E-state index in [1.807, 2.05) is 13.8 Å². The van der Waals surface area contributed by atoms with E-state index < -0.39 is 5.60 Å². The van der Waals surface area contributed by atoms with Gasteiger partial charge < -0.3 is 10.1 Å². The highest BCUT2D eigenvalue weighted by molar-refractivity contribution is 5.72. The largest absolute Gasteiger partial charge is 0.460 e. The van der Waals surface area contributed by atoms with Crippen molar-refractivity contribution in [2.45, 2.75) is 39.7 Å². The molecule has 1 amide bonds. The van der Waals surface area contributed by atoms with Gasteiger partial charge in [-0.25, -0.2) is 0 Å². The highest BCUT2D eigenvalue weighted by atomic mass is 16.6. The first-order valence-electron chi connectivity index (χ1n) is 4.27. The molecule has 0 aliphatic rings. The lowest BCUT2D eigenvalue weighted by molar-refractivity contribution is -0.154. The molecule has 1 N–H and O–H groups in total.